The van der Waals surface area contributed by atoms with Gasteiger partial charge in [-0.2, -0.15) is 0 Å². The largest absolute Gasteiger partial charge is 0.496 e. The van der Waals surface area contributed by atoms with Crippen LogP contribution in [0.25, 0.3) is 6.08 Å². The number of thiocarbonyl (C=S) groups is 1. The van der Waals surface area contributed by atoms with Gasteiger partial charge in [0.1, 0.15) is 15.8 Å². The zero-order valence-electron chi connectivity index (χ0n) is 16.7. The minimum absolute atomic E-state index is 0.140. The second kappa shape index (κ2) is 10.3. The van der Waals surface area contributed by atoms with Crippen molar-refractivity contribution in [1.29, 1.82) is 0 Å². The molecule has 0 bridgehead atoms. The molecule has 2 aromatic carbocycles. The third kappa shape index (κ3) is 5.40. The third-order valence-corrected chi connectivity index (χ3v) is 5.69. The van der Waals surface area contributed by atoms with Crippen LogP contribution in [-0.4, -0.2) is 41.3 Å². The molecular weight excluding hydrogens is 420 g/mol. The molecule has 0 aliphatic carbocycles. The molecule has 1 saturated heterocycles. The van der Waals surface area contributed by atoms with Gasteiger partial charge in [-0.1, -0.05) is 42.2 Å². The second-order valence-corrected chi connectivity index (χ2v) is 8.01. The summed E-state index contributed by atoms with van der Waals surface area (Å²) in [5.74, 6) is 1.03. The Balaban J connectivity index is 1.59. The first-order chi connectivity index (χ1) is 14.5. The van der Waals surface area contributed by atoms with E-state index in [2.05, 4.69) is 5.32 Å². The molecule has 0 saturated carbocycles. The van der Waals surface area contributed by atoms with E-state index in [1.54, 1.807) is 37.5 Å². The number of amides is 2. The molecule has 1 heterocycles. The summed E-state index contributed by atoms with van der Waals surface area (Å²) in [6.45, 7) is 2.72. The van der Waals surface area contributed by atoms with Gasteiger partial charge in [0.2, 0.25) is 5.91 Å². The molecule has 0 aromatic heterocycles. The van der Waals surface area contributed by atoms with E-state index in [0.29, 0.717) is 27.3 Å². The van der Waals surface area contributed by atoms with Crippen LogP contribution < -0.4 is 14.8 Å². The number of methoxy groups -OCH3 is 1. The fraction of sp³-hybridized carbons (Fsp3) is 0.227. The first-order valence-corrected chi connectivity index (χ1v) is 10.7. The van der Waals surface area contributed by atoms with Crippen LogP contribution in [0.15, 0.2) is 53.4 Å². The molecular formula is C22H22N2O4S2. The smallest absolute Gasteiger partial charge is 0.266 e. The molecule has 30 heavy (non-hydrogen) atoms. The van der Waals surface area contributed by atoms with Gasteiger partial charge >= 0.3 is 0 Å². The number of hydrogen-bond acceptors (Lipinski definition) is 6. The van der Waals surface area contributed by atoms with Crippen LogP contribution in [0.5, 0.6) is 11.5 Å². The number of carbonyl (C=O) groups excluding carboxylic acids is 2. The molecule has 0 spiro atoms. The van der Waals surface area contributed by atoms with Gasteiger partial charge in [0, 0.05) is 24.2 Å². The second-order valence-electron chi connectivity index (χ2n) is 6.33. The lowest BCUT2D eigenvalue weighted by molar-refractivity contribution is -0.122. The van der Waals surface area contributed by atoms with Gasteiger partial charge in [-0.15, -0.1) is 0 Å². The quantitative estimate of drug-likeness (QED) is 0.485. The van der Waals surface area contributed by atoms with E-state index in [-0.39, 0.29) is 24.8 Å². The normalized spacial score (nSPS) is 14.9. The molecule has 2 aromatic rings. The minimum Gasteiger partial charge on any atom is -0.496 e. The Labute approximate surface area is 185 Å². The number of carbonyl (C=O) groups is 2. The first kappa shape index (κ1) is 21.9. The average Bonchev–Trinajstić information content (AvgIpc) is 3.01. The molecule has 3 rings (SSSR count). The van der Waals surface area contributed by atoms with Crippen molar-refractivity contribution in [1.82, 2.24) is 4.90 Å². The standard InChI is InChI=1S/C22H22N2O4S2/c1-3-28-17-10-8-16(9-11-17)23-20(25)12-13-24-21(26)19(30-22(24)29)14-15-6-4-5-7-18(15)27-2/h4-11,14H,3,12-13H2,1-2H3,(H,23,25). The number of benzene rings is 2. The number of para-hydroxylation sites is 1. The highest BCUT2D eigenvalue weighted by Gasteiger charge is 2.32. The summed E-state index contributed by atoms with van der Waals surface area (Å²) in [4.78, 5) is 27.0. The van der Waals surface area contributed by atoms with Crippen molar-refractivity contribution >= 4 is 51.9 Å². The molecule has 6 nitrogen and oxygen atoms in total. The summed E-state index contributed by atoms with van der Waals surface area (Å²) in [6.07, 6.45) is 1.90. The molecule has 1 N–H and O–H groups in total. The molecule has 1 aliphatic rings. The lowest BCUT2D eigenvalue weighted by atomic mass is 10.2. The Bertz CT molecular complexity index is 973. The highest BCUT2D eigenvalue weighted by molar-refractivity contribution is 8.26. The maximum Gasteiger partial charge on any atom is 0.266 e. The van der Waals surface area contributed by atoms with E-state index < -0.39 is 0 Å². The zero-order valence-corrected chi connectivity index (χ0v) is 18.3. The fourth-order valence-corrected chi connectivity index (χ4v) is 4.16. The van der Waals surface area contributed by atoms with Gasteiger partial charge in [0.05, 0.1) is 18.6 Å². The Morgan fingerprint density at radius 2 is 1.93 bits per heavy atom. The minimum atomic E-state index is -0.204. The number of anilines is 1. The van der Waals surface area contributed by atoms with Crippen LogP contribution in [-0.2, 0) is 9.59 Å². The maximum atomic E-state index is 12.8. The van der Waals surface area contributed by atoms with Gasteiger partial charge in [-0.05, 0) is 43.3 Å². The number of nitrogens with one attached hydrogen (secondary N) is 1. The Hall–Kier alpha value is -2.84. The lowest BCUT2D eigenvalue weighted by Gasteiger charge is -2.14. The molecule has 156 valence electrons. The summed E-state index contributed by atoms with van der Waals surface area (Å²) in [5, 5.41) is 2.82. The number of nitrogens with zero attached hydrogens (tertiary/aromatic N) is 1. The average molecular weight is 443 g/mol. The Morgan fingerprint density at radius 1 is 1.20 bits per heavy atom. The highest BCUT2D eigenvalue weighted by atomic mass is 32.2. The fourth-order valence-electron chi connectivity index (χ4n) is 2.86. The van der Waals surface area contributed by atoms with Crippen molar-refractivity contribution in [2.75, 3.05) is 25.6 Å². The Kier molecular flexibility index (Phi) is 7.48. The summed E-state index contributed by atoms with van der Waals surface area (Å²) in [6, 6.07) is 14.6. The summed E-state index contributed by atoms with van der Waals surface area (Å²) in [7, 11) is 1.58. The number of ether oxygens (including phenoxy) is 2. The SMILES string of the molecule is CCOc1ccc(NC(=O)CCN2C(=O)C(=Cc3ccccc3OC)SC2=S)cc1. The zero-order chi connectivity index (χ0) is 21.5. The van der Waals surface area contributed by atoms with Crippen molar-refractivity contribution in [2.45, 2.75) is 13.3 Å². The molecule has 0 radical (unpaired) electrons. The van der Waals surface area contributed by atoms with E-state index in [4.69, 9.17) is 21.7 Å². The van der Waals surface area contributed by atoms with E-state index in [0.717, 1.165) is 11.3 Å². The predicted molar refractivity (Wildman–Crippen MR) is 124 cm³/mol. The van der Waals surface area contributed by atoms with E-state index in [1.165, 1.54) is 16.7 Å². The molecule has 8 heteroatoms. The summed E-state index contributed by atoms with van der Waals surface area (Å²) < 4.78 is 11.2. The van der Waals surface area contributed by atoms with Gasteiger partial charge in [0.15, 0.2) is 0 Å². The van der Waals surface area contributed by atoms with Gasteiger partial charge in [-0.25, -0.2) is 0 Å². The third-order valence-electron chi connectivity index (χ3n) is 4.31. The lowest BCUT2D eigenvalue weighted by Crippen LogP contribution is -2.31. The summed E-state index contributed by atoms with van der Waals surface area (Å²) in [5.41, 5.74) is 1.47. The highest BCUT2D eigenvalue weighted by Crippen LogP contribution is 2.34. The van der Waals surface area contributed by atoms with Crippen LogP contribution >= 0.6 is 24.0 Å². The van der Waals surface area contributed by atoms with Crippen molar-refractivity contribution in [2.24, 2.45) is 0 Å². The van der Waals surface area contributed by atoms with E-state index in [9.17, 15) is 9.59 Å². The monoisotopic (exact) mass is 442 g/mol. The van der Waals surface area contributed by atoms with E-state index in [1.807, 2.05) is 31.2 Å². The van der Waals surface area contributed by atoms with E-state index >= 15 is 0 Å². The van der Waals surface area contributed by atoms with Crippen LogP contribution in [0.1, 0.15) is 18.9 Å². The van der Waals surface area contributed by atoms with Crippen LogP contribution in [0.2, 0.25) is 0 Å². The van der Waals surface area contributed by atoms with Gasteiger partial charge < -0.3 is 14.8 Å². The van der Waals surface area contributed by atoms with Gasteiger partial charge in [-0.3, -0.25) is 14.5 Å². The van der Waals surface area contributed by atoms with Crippen LogP contribution in [0, 0.1) is 0 Å². The number of thioether (sulfide) groups is 1. The molecule has 0 unspecified atom stereocenters. The van der Waals surface area contributed by atoms with Crippen molar-refractivity contribution in [3.8, 4) is 11.5 Å². The molecule has 1 fully saturated rings. The van der Waals surface area contributed by atoms with Crippen molar-refractivity contribution in [3.63, 3.8) is 0 Å². The number of rotatable bonds is 8. The number of hydrogen-bond donors (Lipinski definition) is 1. The van der Waals surface area contributed by atoms with Crippen molar-refractivity contribution < 1.29 is 19.1 Å². The first-order valence-electron chi connectivity index (χ1n) is 9.43. The van der Waals surface area contributed by atoms with Gasteiger partial charge in [0.25, 0.3) is 5.91 Å². The van der Waals surface area contributed by atoms with Crippen molar-refractivity contribution in [3.05, 3.63) is 59.0 Å². The van der Waals surface area contributed by atoms with Crippen LogP contribution in [0.3, 0.4) is 0 Å². The molecule has 2 amide bonds. The molecule has 0 atom stereocenters. The topological polar surface area (TPSA) is 67.9 Å². The van der Waals surface area contributed by atoms with Crippen LogP contribution in [0.4, 0.5) is 5.69 Å². The maximum absolute atomic E-state index is 12.8. The Morgan fingerprint density at radius 3 is 2.63 bits per heavy atom. The molecule has 1 aliphatic heterocycles. The summed E-state index contributed by atoms with van der Waals surface area (Å²) >= 11 is 6.57. The predicted octanol–water partition coefficient (Wildman–Crippen LogP) is 4.32.